The fraction of sp³-hybridized carbons (Fsp3) is 0.375. The van der Waals surface area contributed by atoms with E-state index in [2.05, 4.69) is 4.98 Å². The van der Waals surface area contributed by atoms with Crippen molar-refractivity contribution in [2.24, 2.45) is 0 Å². The first-order valence-electron chi connectivity index (χ1n) is 3.89. The lowest BCUT2D eigenvalue weighted by atomic mass is 10.2. The molecule has 6 heteroatoms. The highest BCUT2D eigenvalue weighted by Gasteiger charge is 2.27. The first-order valence-corrected chi connectivity index (χ1v) is 4.87. The molecule has 0 spiro atoms. The Kier molecular flexibility index (Phi) is 3.62. The van der Waals surface area contributed by atoms with E-state index in [0.717, 1.165) is 0 Å². The fourth-order valence-corrected chi connectivity index (χ4v) is 1.49. The molecule has 1 aromatic rings. The van der Waals surface area contributed by atoms with Crippen molar-refractivity contribution in [2.45, 2.75) is 11.9 Å². The number of nitrogens with zero attached hydrogens (tertiary/aromatic N) is 1. The first-order chi connectivity index (χ1) is 6.49. The van der Waals surface area contributed by atoms with Crippen LogP contribution >= 0.6 is 11.8 Å². The van der Waals surface area contributed by atoms with Gasteiger partial charge in [-0.1, -0.05) is 17.8 Å². The van der Waals surface area contributed by atoms with E-state index in [4.69, 9.17) is 5.73 Å². The Balaban J connectivity index is 2.43. The van der Waals surface area contributed by atoms with Gasteiger partial charge in [-0.2, -0.15) is 13.2 Å². The highest BCUT2D eigenvalue weighted by Crippen LogP contribution is 2.30. The molecule has 1 rings (SSSR count). The van der Waals surface area contributed by atoms with Gasteiger partial charge in [0.2, 0.25) is 0 Å². The second-order valence-electron chi connectivity index (χ2n) is 2.59. The van der Waals surface area contributed by atoms with Gasteiger partial charge in [0.1, 0.15) is 5.82 Å². The number of aryl methyl sites for hydroxylation is 1. The lowest BCUT2D eigenvalue weighted by molar-refractivity contribution is -0.0327. The van der Waals surface area contributed by atoms with Crippen LogP contribution in [0.2, 0.25) is 0 Å². The molecule has 0 radical (unpaired) electrons. The van der Waals surface area contributed by atoms with Gasteiger partial charge in [-0.05, 0) is 18.1 Å². The van der Waals surface area contributed by atoms with Crippen molar-refractivity contribution < 1.29 is 13.2 Å². The molecule has 2 N–H and O–H groups in total. The van der Waals surface area contributed by atoms with Crippen molar-refractivity contribution in [2.75, 3.05) is 11.5 Å². The Hall–Kier alpha value is -0.910. The minimum absolute atomic E-state index is 0.0284. The van der Waals surface area contributed by atoms with Crippen molar-refractivity contribution in [1.82, 2.24) is 4.98 Å². The van der Waals surface area contributed by atoms with Crippen LogP contribution in [-0.4, -0.2) is 16.2 Å². The van der Waals surface area contributed by atoms with Gasteiger partial charge < -0.3 is 5.73 Å². The van der Waals surface area contributed by atoms with Gasteiger partial charge in [0.05, 0.1) is 0 Å². The molecule has 0 unspecified atom stereocenters. The summed E-state index contributed by atoms with van der Waals surface area (Å²) < 4.78 is 35.3. The largest absolute Gasteiger partial charge is 0.441 e. The Bertz CT molecular complexity index is 301. The van der Waals surface area contributed by atoms with Gasteiger partial charge in [-0.15, -0.1) is 0 Å². The van der Waals surface area contributed by atoms with Crippen LogP contribution in [0.25, 0.3) is 0 Å². The topological polar surface area (TPSA) is 38.9 Å². The van der Waals surface area contributed by atoms with Gasteiger partial charge >= 0.3 is 5.51 Å². The zero-order valence-electron chi connectivity index (χ0n) is 7.21. The number of rotatable bonds is 3. The fourth-order valence-electron chi connectivity index (χ4n) is 0.939. The number of pyridine rings is 1. The van der Waals surface area contributed by atoms with Crippen molar-refractivity contribution >= 4 is 17.6 Å². The van der Waals surface area contributed by atoms with E-state index in [-0.39, 0.29) is 23.9 Å². The molecule has 0 atom stereocenters. The lowest BCUT2D eigenvalue weighted by Crippen LogP contribution is -2.04. The van der Waals surface area contributed by atoms with E-state index in [1.54, 1.807) is 12.1 Å². The van der Waals surface area contributed by atoms with Gasteiger partial charge in [0, 0.05) is 11.9 Å². The second-order valence-corrected chi connectivity index (χ2v) is 3.75. The molecule has 0 saturated heterocycles. The molecule has 0 aliphatic heterocycles. The van der Waals surface area contributed by atoms with Crippen molar-refractivity contribution in [3.8, 4) is 0 Å². The number of hydrogen-bond donors (Lipinski definition) is 1. The molecule has 1 aromatic heterocycles. The van der Waals surface area contributed by atoms with E-state index >= 15 is 0 Å². The van der Waals surface area contributed by atoms with Crippen LogP contribution in [0.5, 0.6) is 0 Å². The van der Waals surface area contributed by atoms with Crippen LogP contribution in [0.3, 0.4) is 0 Å². The average Bonchev–Trinajstić information content (AvgIpc) is 2.06. The number of hydrogen-bond acceptors (Lipinski definition) is 3. The summed E-state index contributed by atoms with van der Waals surface area (Å²) in [6.45, 7) is 0. The smallest absolute Gasteiger partial charge is 0.383 e. The summed E-state index contributed by atoms with van der Waals surface area (Å²) in [5, 5.41) is 0. The summed E-state index contributed by atoms with van der Waals surface area (Å²) >= 11 is -0.0462. The normalized spacial score (nSPS) is 11.6. The Labute approximate surface area is 83.7 Å². The maximum absolute atomic E-state index is 11.8. The second kappa shape index (κ2) is 4.54. The standard InChI is InChI=1S/C8H9F3N2S/c9-8(10,11)14-5-3-6-2-1-4-13-7(6)12/h1-2,4H,3,5H2,(H2,12,13). The molecule has 78 valence electrons. The van der Waals surface area contributed by atoms with Crippen molar-refractivity contribution in [3.05, 3.63) is 23.9 Å². The number of nitrogens with two attached hydrogens (primary N) is 1. The van der Waals surface area contributed by atoms with E-state index < -0.39 is 5.51 Å². The molecule has 0 bridgehead atoms. The molecule has 0 amide bonds. The number of aromatic nitrogens is 1. The number of nitrogen functional groups attached to an aromatic ring is 1. The van der Waals surface area contributed by atoms with Crippen LogP contribution in [0, 0.1) is 0 Å². The summed E-state index contributed by atoms with van der Waals surface area (Å²) in [7, 11) is 0. The van der Waals surface area contributed by atoms with Crippen molar-refractivity contribution in [3.63, 3.8) is 0 Å². The predicted molar refractivity (Wildman–Crippen MR) is 50.9 cm³/mol. The highest BCUT2D eigenvalue weighted by molar-refractivity contribution is 8.00. The number of alkyl halides is 3. The molecular formula is C8H9F3N2S. The van der Waals surface area contributed by atoms with Crippen molar-refractivity contribution in [1.29, 1.82) is 0 Å². The lowest BCUT2D eigenvalue weighted by Gasteiger charge is -2.06. The third-order valence-electron chi connectivity index (χ3n) is 1.56. The van der Waals surface area contributed by atoms with E-state index in [1.165, 1.54) is 6.20 Å². The van der Waals surface area contributed by atoms with Crippen LogP contribution in [-0.2, 0) is 6.42 Å². The molecule has 2 nitrogen and oxygen atoms in total. The van der Waals surface area contributed by atoms with E-state index in [9.17, 15) is 13.2 Å². The Morgan fingerprint density at radius 2 is 2.14 bits per heavy atom. The minimum Gasteiger partial charge on any atom is -0.383 e. The summed E-state index contributed by atoms with van der Waals surface area (Å²) in [6.07, 6.45) is 1.79. The summed E-state index contributed by atoms with van der Waals surface area (Å²) in [5.74, 6) is 0.273. The molecule has 0 aromatic carbocycles. The maximum Gasteiger partial charge on any atom is 0.441 e. The zero-order chi connectivity index (χ0) is 10.6. The minimum atomic E-state index is -4.17. The summed E-state index contributed by atoms with van der Waals surface area (Å²) in [4.78, 5) is 3.78. The van der Waals surface area contributed by atoms with Gasteiger partial charge in [-0.3, -0.25) is 0 Å². The first kappa shape index (κ1) is 11.2. The number of halogens is 3. The average molecular weight is 222 g/mol. The van der Waals surface area contributed by atoms with Gasteiger partial charge in [-0.25, -0.2) is 4.98 Å². The Morgan fingerprint density at radius 3 is 2.71 bits per heavy atom. The van der Waals surface area contributed by atoms with Gasteiger partial charge in [0.25, 0.3) is 0 Å². The molecule has 0 saturated carbocycles. The third-order valence-corrected chi connectivity index (χ3v) is 2.30. The molecule has 0 aliphatic rings. The molecular weight excluding hydrogens is 213 g/mol. The molecule has 14 heavy (non-hydrogen) atoms. The quantitative estimate of drug-likeness (QED) is 0.853. The van der Waals surface area contributed by atoms with Crippen LogP contribution in [0.1, 0.15) is 5.56 Å². The SMILES string of the molecule is Nc1ncccc1CCSC(F)(F)F. The van der Waals surface area contributed by atoms with E-state index in [1.807, 2.05) is 0 Å². The molecule has 0 fully saturated rings. The number of anilines is 1. The predicted octanol–water partition coefficient (Wildman–Crippen LogP) is 2.46. The van der Waals surface area contributed by atoms with Crippen LogP contribution < -0.4 is 5.73 Å². The third kappa shape index (κ3) is 3.87. The zero-order valence-corrected chi connectivity index (χ0v) is 8.03. The van der Waals surface area contributed by atoms with E-state index in [0.29, 0.717) is 11.4 Å². The van der Waals surface area contributed by atoms with Crippen LogP contribution in [0.4, 0.5) is 19.0 Å². The summed E-state index contributed by atoms with van der Waals surface area (Å²) in [5.41, 5.74) is 1.96. The highest BCUT2D eigenvalue weighted by atomic mass is 32.2. The summed E-state index contributed by atoms with van der Waals surface area (Å²) in [6, 6.07) is 3.34. The van der Waals surface area contributed by atoms with Crippen LogP contribution in [0.15, 0.2) is 18.3 Å². The maximum atomic E-state index is 11.8. The Morgan fingerprint density at radius 1 is 1.43 bits per heavy atom. The molecule has 1 heterocycles. The monoisotopic (exact) mass is 222 g/mol. The number of thioether (sulfide) groups is 1. The molecule has 0 aliphatic carbocycles. The van der Waals surface area contributed by atoms with Gasteiger partial charge in [0.15, 0.2) is 0 Å².